The summed E-state index contributed by atoms with van der Waals surface area (Å²) in [5, 5.41) is 7.40. The molecule has 5 heteroatoms. The van der Waals surface area contributed by atoms with Crippen molar-refractivity contribution in [2.24, 2.45) is 5.73 Å². The van der Waals surface area contributed by atoms with Crippen LogP contribution in [0.15, 0.2) is 48.5 Å². The van der Waals surface area contributed by atoms with Crippen molar-refractivity contribution in [1.82, 2.24) is 0 Å². The molecule has 120 valence electrons. The van der Waals surface area contributed by atoms with Gasteiger partial charge in [-0.3, -0.25) is 10.2 Å². The van der Waals surface area contributed by atoms with Crippen molar-refractivity contribution in [3.8, 4) is 11.1 Å². The van der Waals surface area contributed by atoms with Crippen molar-refractivity contribution in [3.05, 3.63) is 59.7 Å². The van der Waals surface area contributed by atoms with Crippen LogP contribution in [0.1, 0.15) is 11.1 Å². The van der Waals surface area contributed by atoms with E-state index >= 15 is 0 Å². The summed E-state index contributed by atoms with van der Waals surface area (Å²) < 4.78 is 4.61. The fourth-order valence-electron chi connectivity index (χ4n) is 2.11. The molecule has 0 aliphatic carbocycles. The topological polar surface area (TPSA) is 76.2 Å². The lowest BCUT2D eigenvalue weighted by Gasteiger charge is -2.06. The number of methoxy groups -OCH3 is 1. The van der Waals surface area contributed by atoms with Gasteiger partial charge in [0.2, 0.25) is 0 Å². The fraction of sp³-hybridized carbons (Fsp3) is 0.222. The number of rotatable bonds is 7. The van der Waals surface area contributed by atoms with E-state index < -0.39 is 0 Å². The molecule has 0 saturated heterocycles. The Morgan fingerprint density at radius 1 is 1.09 bits per heavy atom. The third-order valence-electron chi connectivity index (χ3n) is 3.47. The highest BCUT2D eigenvalue weighted by atomic mass is 32.2. The molecule has 0 radical (unpaired) electrons. The van der Waals surface area contributed by atoms with Crippen LogP contribution < -0.4 is 5.73 Å². The number of hydrogen-bond acceptors (Lipinski definition) is 4. The van der Waals surface area contributed by atoms with Gasteiger partial charge in [-0.2, -0.15) is 0 Å². The number of nitrogen functional groups attached to an aromatic ring is 1. The lowest BCUT2D eigenvalue weighted by Crippen LogP contribution is -2.10. The first-order chi connectivity index (χ1) is 11.1. The van der Waals surface area contributed by atoms with Crippen molar-refractivity contribution < 1.29 is 9.53 Å². The molecule has 0 aliphatic rings. The summed E-state index contributed by atoms with van der Waals surface area (Å²) in [7, 11) is 1.41. The molecule has 0 atom stereocenters. The highest BCUT2D eigenvalue weighted by molar-refractivity contribution is 7.99. The zero-order valence-corrected chi connectivity index (χ0v) is 13.9. The summed E-state index contributed by atoms with van der Waals surface area (Å²) in [6.45, 7) is 0. The quantitative estimate of drug-likeness (QED) is 0.354. The summed E-state index contributed by atoms with van der Waals surface area (Å²) in [4.78, 5) is 11.0. The number of ether oxygens (including phenoxy) is 1. The highest BCUT2D eigenvalue weighted by Gasteiger charge is 2.02. The number of carbonyl (C=O) groups is 1. The monoisotopic (exact) mass is 328 g/mol. The van der Waals surface area contributed by atoms with Gasteiger partial charge in [-0.1, -0.05) is 48.5 Å². The molecule has 2 rings (SSSR count). The standard InChI is InChI=1S/C18H20N2O2S/c1-22-17(21)12-23-11-10-13-2-4-14(5-3-13)15-6-8-16(9-7-15)18(19)20/h2-9H,10-12H2,1H3,(H3,19,20). The van der Waals surface area contributed by atoms with Gasteiger partial charge >= 0.3 is 5.97 Å². The SMILES string of the molecule is COC(=O)CSCCc1ccc(-c2ccc(C(=N)N)cc2)cc1. The Morgan fingerprint density at radius 2 is 1.65 bits per heavy atom. The lowest BCUT2D eigenvalue weighted by atomic mass is 10.0. The molecule has 0 bridgehead atoms. The maximum atomic E-state index is 11.0. The van der Waals surface area contributed by atoms with E-state index in [1.807, 2.05) is 24.3 Å². The van der Waals surface area contributed by atoms with Crippen molar-refractivity contribution in [1.29, 1.82) is 5.41 Å². The lowest BCUT2D eigenvalue weighted by molar-refractivity contribution is -0.137. The van der Waals surface area contributed by atoms with Crippen LogP contribution in [-0.2, 0) is 16.0 Å². The molecule has 0 amide bonds. The third kappa shape index (κ3) is 5.14. The molecule has 3 N–H and O–H groups in total. The molecule has 23 heavy (non-hydrogen) atoms. The number of aryl methyl sites for hydroxylation is 1. The van der Waals surface area contributed by atoms with Gasteiger partial charge in [0.15, 0.2) is 0 Å². The van der Waals surface area contributed by atoms with E-state index in [0.29, 0.717) is 5.75 Å². The minimum absolute atomic E-state index is 0.0800. The molecular formula is C18H20N2O2S. The van der Waals surface area contributed by atoms with Crippen molar-refractivity contribution in [2.45, 2.75) is 6.42 Å². The van der Waals surface area contributed by atoms with E-state index in [9.17, 15) is 4.79 Å². The van der Waals surface area contributed by atoms with Crippen LogP contribution in [0.5, 0.6) is 0 Å². The van der Waals surface area contributed by atoms with E-state index in [1.165, 1.54) is 12.7 Å². The van der Waals surface area contributed by atoms with Gasteiger partial charge in [0.25, 0.3) is 0 Å². The van der Waals surface area contributed by atoms with E-state index in [2.05, 4.69) is 29.0 Å². The first kappa shape index (κ1) is 17.1. The zero-order valence-electron chi connectivity index (χ0n) is 13.0. The van der Waals surface area contributed by atoms with E-state index in [-0.39, 0.29) is 11.8 Å². The molecule has 4 nitrogen and oxygen atoms in total. The van der Waals surface area contributed by atoms with Crippen LogP contribution in [0, 0.1) is 5.41 Å². The Hall–Kier alpha value is -2.27. The predicted molar refractivity (Wildman–Crippen MR) is 95.9 cm³/mol. The fourth-order valence-corrected chi connectivity index (χ4v) is 2.92. The second kappa shape index (κ2) is 8.39. The third-order valence-corrected chi connectivity index (χ3v) is 4.40. The molecule has 0 fully saturated rings. The second-order valence-electron chi connectivity index (χ2n) is 5.07. The van der Waals surface area contributed by atoms with Gasteiger partial charge in [-0.25, -0.2) is 0 Å². The Bertz CT molecular complexity index is 666. The number of thioether (sulfide) groups is 1. The number of esters is 1. The van der Waals surface area contributed by atoms with Crippen molar-refractivity contribution >= 4 is 23.6 Å². The summed E-state index contributed by atoms with van der Waals surface area (Å²) in [6.07, 6.45) is 0.922. The van der Waals surface area contributed by atoms with E-state index in [1.54, 1.807) is 11.8 Å². The van der Waals surface area contributed by atoms with Crippen LogP contribution in [-0.4, -0.2) is 30.4 Å². The van der Waals surface area contributed by atoms with Crippen LogP contribution in [0.4, 0.5) is 0 Å². The number of benzene rings is 2. The van der Waals surface area contributed by atoms with Gasteiger partial charge in [0.1, 0.15) is 5.84 Å². The summed E-state index contributed by atoms with van der Waals surface area (Å²) >= 11 is 1.58. The average Bonchev–Trinajstić information content (AvgIpc) is 2.59. The molecule has 0 saturated carbocycles. The van der Waals surface area contributed by atoms with Gasteiger partial charge in [-0.15, -0.1) is 11.8 Å². The van der Waals surface area contributed by atoms with Crippen molar-refractivity contribution in [3.63, 3.8) is 0 Å². The second-order valence-corrected chi connectivity index (χ2v) is 6.17. The number of hydrogen-bond donors (Lipinski definition) is 2. The molecule has 0 aliphatic heterocycles. The minimum Gasteiger partial charge on any atom is -0.468 e. The first-order valence-electron chi connectivity index (χ1n) is 7.28. The summed E-state index contributed by atoms with van der Waals surface area (Å²) in [5.41, 5.74) is 9.66. The zero-order chi connectivity index (χ0) is 16.7. The van der Waals surface area contributed by atoms with Gasteiger partial charge in [-0.05, 0) is 28.9 Å². The summed E-state index contributed by atoms with van der Waals surface area (Å²) in [5.74, 6) is 1.19. The van der Waals surface area contributed by atoms with Gasteiger partial charge in [0.05, 0.1) is 12.9 Å². The number of amidine groups is 1. The molecule has 0 unspecified atom stereocenters. The Balaban J connectivity index is 1.91. The van der Waals surface area contributed by atoms with E-state index in [4.69, 9.17) is 11.1 Å². The largest absolute Gasteiger partial charge is 0.468 e. The van der Waals surface area contributed by atoms with E-state index in [0.717, 1.165) is 28.9 Å². The first-order valence-corrected chi connectivity index (χ1v) is 8.44. The Morgan fingerprint density at radius 3 is 2.17 bits per heavy atom. The Kier molecular flexibility index (Phi) is 6.23. The number of nitrogens with one attached hydrogen (secondary N) is 1. The van der Waals surface area contributed by atoms with Crippen LogP contribution in [0.2, 0.25) is 0 Å². The maximum absolute atomic E-state index is 11.0. The van der Waals surface area contributed by atoms with Crippen molar-refractivity contribution in [2.75, 3.05) is 18.6 Å². The number of carbonyl (C=O) groups excluding carboxylic acids is 1. The molecular weight excluding hydrogens is 308 g/mol. The van der Waals surface area contributed by atoms with Crippen LogP contribution in [0.25, 0.3) is 11.1 Å². The normalized spacial score (nSPS) is 10.3. The molecule has 0 spiro atoms. The molecule has 0 heterocycles. The maximum Gasteiger partial charge on any atom is 0.315 e. The van der Waals surface area contributed by atoms with Gasteiger partial charge < -0.3 is 10.5 Å². The minimum atomic E-state index is -0.181. The molecule has 2 aromatic rings. The average molecular weight is 328 g/mol. The predicted octanol–water partition coefficient (Wildman–Crippen LogP) is 3.09. The van der Waals surface area contributed by atoms with Gasteiger partial charge in [0, 0.05) is 5.56 Å². The molecule has 0 aromatic heterocycles. The Labute approximate surface area is 140 Å². The molecule has 2 aromatic carbocycles. The summed E-state index contributed by atoms with van der Waals surface area (Å²) in [6, 6.07) is 16.0. The smallest absolute Gasteiger partial charge is 0.315 e. The van der Waals surface area contributed by atoms with Crippen LogP contribution >= 0.6 is 11.8 Å². The highest BCUT2D eigenvalue weighted by Crippen LogP contribution is 2.21. The van der Waals surface area contributed by atoms with Crippen LogP contribution in [0.3, 0.4) is 0 Å². The number of nitrogens with two attached hydrogens (primary N) is 1.